The molecule has 1 aliphatic carbocycles. The van der Waals surface area contributed by atoms with Gasteiger partial charge in [-0.1, -0.05) is 26.5 Å². The second-order valence-corrected chi connectivity index (χ2v) is 5.34. The van der Waals surface area contributed by atoms with E-state index in [0.717, 1.165) is 24.0 Å². The van der Waals surface area contributed by atoms with E-state index in [9.17, 15) is 4.79 Å². The van der Waals surface area contributed by atoms with Crippen molar-refractivity contribution in [3.05, 3.63) is 35.6 Å². The van der Waals surface area contributed by atoms with Crippen LogP contribution < -0.4 is 5.32 Å². The van der Waals surface area contributed by atoms with Crippen LogP contribution in [0, 0.1) is 5.41 Å². The quantitative estimate of drug-likeness (QED) is 0.684. The minimum atomic E-state index is 0.0928. The second-order valence-electron chi connectivity index (χ2n) is 5.34. The Morgan fingerprint density at radius 1 is 1.44 bits per heavy atom. The molecule has 0 spiro atoms. The summed E-state index contributed by atoms with van der Waals surface area (Å²) >= 11 is 0. The summed E-state index contributed by atoms with van der Waals surface area (Å²) in [5.41, 5.74) is 3.00. The number of ketones is 1. The topological polar surface area (TPSA) is 29.1 Å². The van der Waals surface area contributed by atoms with Crippen molar-refractivity contribution < 1.29 is 4.79 Å². The van der Waals surface area contributed by atoms with E-state index in [-0.39, 0.29) is 17.2 Å². The molecule has 0 aromatic carbocycles. The van der Waals surface area contributed by atoms with Crippen molar-refractivity contribution in [3.8, 4) is 0 Å². The normalized spacial score (nSPS) is 28.6. The third kappa shape index (κ3) is 1.62. The minimum Gasteiger partial charge on any atom is -0.384 e. The van der Waals surface area contributed by atoms with Crippen LogP contribution in [-0.4, -0.2) is 11.8 Å². The lowest BCUT2D eigenvalue weighted by molar-refractivity contribution is -0.112. The smallest absolute Gasteiger partial charge is 0.184 e. The molecule has 0 saturated heterocycles. The van der Waals surface area contributed by atoms with Crippen LogP contribution >= 0.6 is 0 Å². The van der Waals surface area contributed by atoms with Crippen molar-refractivity contribution in [2.45, 2.75) is 39.7 Å². The molecule has 1 aliphatic heterocycles. The van der Waals surface area contributed by atoms with Crippen LogP contribution in [0.2, 0.25) is 0 Å². The summed E-state index contributed by atoms with van der Waals surface area (Å²) in [4.78, 5) is 11.9. The molecule has 1 atom stereocenters. The second kappa shape index (κ2) is 3.62. The summed E-state index contributed by atoms with van der Waals surface area (Å²) in [5.74, 6) is 0.144. The van der Waals surface area contributed by atoms with Crippen LogP contribution in [-0.2, 0) is 4.79 Å². The molecule has 2 heteroatoms. The van der Waals surface area contributed by atoms with Crippen LogP contribution in [0.25, 0.3) is 0 Å². The number of hydrogen-bond acceptors (Lipinski definition) is 2. The summed E-state index contributed by atoms with van der Waals surface area (Å²) < 4.78 is 0. The van der Waals surface area contributed by atoms with Crippen molar-refractivity contribution in [1.29, 1.82) is 0 Å². The maximum absolute atomic E-state index is 11.9. The SMILES string of the molecule is C=C1CCC(C2NC=CC2(C)C)=C(C)C1=O. The molecule has 0 aromatic heterocycles. The third-order valence-corrected chi connectivity index (χ3v) is 3.71. The van der Waals surface area contributed by atoms with Gasteiger partial charge in [-0.3, -0.25) is 4.79 Å². The fourth-order valence-electron chi connectivity index (χ4n) is 2.58. The average molecular weight is 217 g/mol. The van der Waals surface area contributed by atoms with E-state index < -0.39 is 0 Å². The van der Waals surface area contributed by atoms with Crippen molar-refractivity contribution in [3.63, 3.8) is 0 Å². The van der Waals surface area contributed by atoms with Crippen LogP contribution in [0.15, 0.2) is 35.6 Å². The molecule has 0 fully saturated rings. The molecule has 1 N–H and O–H groups in total. The monoisotopic (exact) mass is 217 g/mol. The fraction of sp³-hybridized carbons (Fsp3) is 0.500. The van der Waals surface area contributed by atoms with Gasteiger partial charge in [-0.2, -0.15) is 0 Å². The Balaban J connectivity index is 2.35. The lowest BCUT2D eigenvalue weighted by Crippen LogP contribution is -2.37. The van der Waals surface area contributed by atoms with Crippen LogP contribution in [0.3, 0.4) is 0 Å². The van der Waals surface area contributed by atoms with Gasteiger partial charge in [-0.15, -0.1) is 0 Å². The average Bonchev–Trinajstić information content (AvgIpc) is 2.55. The van der Waals surface area contributed by atoms with E-state index in [1.807, 2.05) is 13.1 Å². The first-order valence-electron chi connectivity index (χ1n) is 5.79. The fourth-order valence-corrected chi connectivity index (χ4v) is 2.58. The molecular formula is C14H19NO. The molecule has 16 heavy (non-hydrogen) atoms. The molecule has 0 radical (unpaired) electrons. The summed E-state index contributed by atoms with van der Waals surface area (Å²) in [5, 5.41) is 3.36. The number of rotatable bonds is 1. The third-order valence-electron chi connectivity index (χ3n) is 3.71. The number of carbonyl (C=O) groups is 1. The zero-order valence-corrected chi connectivity index (χ0v) is 10.3. The molecule has 0 saturated carbocycles. The van der Waals surface area contributed by atoms with E-state index in [2.05, 4.69) is 31.8 Å². The van der Waals surface area contributed by atoms with Crippen LogP contribution in [0.1, 0.15) is 33.6 Å². The zero-order chi connectivity index (χ0) is 11.9. The first kappa shape index (κ1) is 11.2. The molecule has 2 nitrogen and oxygen atoms in total. The van der Waals surface area contributed by atoms with E-state index in [1.165, 1.54) is 5.57 Å². The van der Waals surface area contributed by atoms with Crippen molar-refractivity contribution in [2.24, 2.45) is 5.41 Å². The summed E-state index contributed by atoms with van der Waals surface area (Å²) in [7, 11) is 0. The molecule has 2 aliphatic rings. The van der Waals surface area contributed by atoms with Gasteiger partial charge in [-0.25, -0.2) is 0 Å². The highest BCUT2D eigenvalue weighted by atomic mass is 16.1. The van der Waals surface area contributed by atoms with Gasteiger partial charge in [0.05, 0.1) is 6.04 Å². The number of nitrogens with one attached hydrogen (secondary N) is 1. The highest BCUT2D eigenvalue weighted by molar-refractivity contribution is 6.08. The first-order valence-corrected chi connectivity index (χ1v) is 5.79. The van der Waals surface area contributed by atoms with E-state index in [0.29, 0.717) is 0 Å². The first-order chi connectivity index (χ1) is 7.43. The summed E-state index contributed by atoms with van der Waals surface area (Å²) in [6.07, 6.45) is 5.93. The maximum atomic E-state index is 11.9. The van der Waals surface area contributed by atoms with Gasteiger partial charge < -0.3 is 5.32 Å². The van der Waals surface area contributed by atoms with Crippen molar-refractivity contribution in [1.82, 2.24) is 5.32 Å². The van der Waals surface area contributed by atoms with Crippen molar-refractivity contribution >= 4 is 5.78 Å². The Morgan fingerprint density at radius 2 is 2.12 bits per heavy atom. The van der Waals surface area contributed by atoms with Gasteiger partial charge in [0.25, 0.3) is 0 Å². The minimum absolute atomic E-state index is 0.0928. The molecule has 1 unspecified atom stereocenters. The Hall–Kier alpha value is -1.31. The van der Waals surface area contributed by atoms with Gasteiger partial charge >= 0.3 is 0 Å². The Bertz CT molecular complexity index is 412. The summed E-state index contributed by atoms with van der Waals surface area (Å²) in [6, 6.07) is 0.268. The van der Waals surface area contributed by atoms with Gasteiger partial charge in [0.15, 0.2) is 5.78 Å². The molecule has 2 rings (SSSR count). The lowest BCUT2D eigenvalue weighted by atomic mass is 9.76. The highest BCUT2D eigenvalue weighted by Gasteiger charge is 2.36. The van der Waals surface area contributed by atoms with Gasteiger partial charge in [0.1, 0.15) is 0 Å². The Morgan fingerprint density at radius 3 is 2.69 bits per heavy atom. The van der Waals surface area contributed by atoms with E-state index >= 15 is 0 Å². The highest BCUT2D eigenvalue weighted by Crippen LogP contribution is 2.37. The predicted octanol–water partition coefficient (Wildman–Crippen LogP) is 2.73. The predicted molar refractivity (Wildman–Crippen MR) is 65.9 cm³/mol. The molecule has 0 bridgehead atoms. The lowest BCUT2D eigenvalue weighted by Gasteiger charge is -2.32. The Kier molecular flexibility index (Phi) is 2.53. The van der Waals surface area contributed by atoms with Crippen LogP contribution in [0.4, 0.5) is 0 Å². The zero-order valence-electron chi connectivity index (χ0n) is 10.3. The largest absolute Gasteiger partial charge is 0.384 e. The number of Topliss-reactive ketones (excluding diaryl/α,β-unsaturated/α-hetero) is 1. The molecule has 0 aromatic rings. The number of carbonyl (C=O) groups excluding carboxylic acids is 1. The molecule has 0 amide bonds. The van der Waals surface area contributed by atoms with E-state index in [4.69, 9.17) is 0 Å². The number of hydrogen-bond donors (Lipinski definition) is 1. The maximum Gasteiger partial charge on any atom is 0.184 e. The van der Waals surface area contributed by atoms with Gasteiger partial charge in [-0.05, 0) is 42.7 Å². The molecular weight excluding hydrogens is 198 g/mol. The summed E-state index contributed by atoms with van der Waals surface area (Å²) in [6.45, 7) is 10.1. The Labute approximate surface area is 97.1 Å². The van der Waals surface area contributed by atoms with E-state index in [1.54, 1.807) is 0 Å². The standard InChI is InChI=1S/C14H19NO/c1-9-5-6-11(10(2)12(9)16)13-14(3,4)7-8-15-13/h7-8,13,15H,1,5-6H2,2-4H3. The molecule has 1 heterocycles. The van der Waals surface area contributed by atoms with Crippen LogP contribution in [0.5, 0.6) is 0 Å². The van der Waals surface area contributed by atoms with Crippen molar-refractivity contribution in [2.75, 3.05) is 0 Å². The van der Waals surface area contributed by atoms with Gasteiger partial charge in [0, 0.05) is 5.41 Å². The molecule has 86 valence electrons. The van der Waals surface area contributed by atoms with Gasteiger partial charge in [0.2, 0.25) is 0 Å². The number of allylic oxidation sites excluding steroid dienone is 2.